The molecule has 0 saturated carbocycles. The topological polar surface area (TPSA) is 29.1 Å². The third-order valence-electron chi connectivity index (χ3n) is 7.59. The maximum absolute atomic E-state index is 11.6. The van der Waals surface area contributed by atoms with Gasteiger partial charge in [0.2, 0.25) is 0 Å². The second-order valence-electron chi connectivity index (χ2n) is 10.9. The highest BCUT2D eigenvalue weighted by Crippen LogP contribution is 2.25. The first-order chi connectivity index (χ1) is 17.7. The molecule has 0 bridgehead atoms. The largest absolute Gasteiger partial charge is 0.317 e. The molecule has 0 aliphatic rings. The Bertz CT molecular complexity index is 645. The number of rotatable bonds is 25. The molecule has 208 valence electrons. The van der Waals surface area contributed by atoms with Crippen molar-refractivity contribution in [1.82, 2.24) is 0 Å². The second-order valence-corrected chi connectivity index (χ2v) is 11.4. The fourth-order valence-corrected chi connectivity index (χ4v) is 5.46. The van der Waals surface area contributed by atoms with Gasteiger partial charge in [-0.15, -0.1) is 0 Å². The van der Waals surface area contributed by atoms with E-state index in [1.165, 1.54) is 152 Å². The highest BCUT2D eigenvalue weighted by molar-refractivity contribution is 7.96. The molecule has 1 N–H and O–H groups in total. The summed E-state index contributed by atoms with van der Waals surface area (Å²) in [6.07, 6.45) is 32.3. The van der Waals surface area contributed by atoms with Gasteiger partial charge in [0.1, 0.15) is 0 Å². The van der Waals surface area contributed by atoms with Gasteiger partial charge in [-0.25, -0.2) is 0 Å². The maximum atomic E-state index is 11.6. The van der Waals surface area contributed by atoms with Gasteiger partial charge in [0, 0.05) is 5.69 Å². The summed E-state index contributed by atoms with van der Waals surface area (Å²) < 4.78 is 0. The molecule has 0 saturated heterocycles. The van der Waals surface area contributed by atoms with Crippen molar-refractivity contribution in [2.45, 2.75) is 168 Å². The summed E-state index contributed by atoms with van der Waals surface area (Å²) in [6.45, 7) is 4.57. The molecule has 1 aromatic rings. The highest BCUT2D eigenvalue weighted by Gasteiger charge is 2.10. The van der Waals surface area contributed by atoms with Crippen LogP contribution in [0.3, 0.4) is 0 Å². The Hall–Kier alpha value is -0.960. The summed E-state index contributed by atoms with van der Waals surface area (Å²) in [5.41, 5.74) is 3.75. The molecule has 1 rings (SSSR count). The lowest BCUT2D eigenvalue weighted by Crippen LogP contribution is -2.07. The number of nitrogens with one attached hydrogen (secondary N) is 1. The molecule has 0 atom stereocenters. The van der Waals surface area contributed by atoms with Crippen LogP contribution in [-0.2, 0) is 12.8 Å². The van der Waals surface area contributed by atoms with Crippen molar-refractivity contribution in [3.8, 4) is 0 Å². The van der Waals surface area contributed by atoms with Crippen molar-refractivity contribution in [3.05, 3.63) is 29.3 Å². The third-order valence-corrected chi connectivity index (χ3v) is 7.71. The van der Waals surface area contributed by atoms with Crippen LogP contribution in [0.5, 0.6) is 0 Å². The van der Waals surface area contributed by atoms with Gasteiger partial charge in [-0.2, -0.15) is 0 Å². The van der Waals surface area contributed by atoms with E-state index in [-0.39, 0.29) is 5.24 Å². The van der Waals surface area contributed by atoms with E-state index in [1.54, 1.807) is 0 Å². The van der Waals surface area contributed by atoms with Crippen LogP contribution in [0.1, 0.15) is 166 Å². The minimum Gasteiger partial charge on any atom is -0.317 e. The quantitative estimate of drug-likeness (QED) is 0.0979. The van der Waals surface area contributed by atoms with Crippen LogP contribution in [0.15, 0.2) is 18.2 Å². The van der Waals surface area contributed by atoms with Gasteiger partial charge >= 0.3 is 0 Å². The molecule has 3 heteroatoms. The molecule has 0 unspecified atom stereocenters. The van der Waals surface area contributed by atoms with Crippen LogP contribution < -0.4 is 5.32 Å². The van der Waals surface area contributed by atoms with Crippen molar-refractivity contribution in [2.24, 2.45) is 0 Å². The zero-order valence-electron chi connectivity index (χ0n) is 24.1. The molecular weight excluding hydrogens is 458 g/mol. The molecule has 0 aliphatic carbocycles. The number of hydrogen-bond donors (Lipinski definition) is 2. The SMILES string of the molecule is CCCCCCCCCCCCCc1cccc(NC(=O)S)c1CCCCCCCCCCCCC. The van der Waals surface area contributed by atoms with Crippen molar-refractivity contribution >= 4 is 23.6 Å². The molecule has 2 nitrogen and oxygen atoms in total. The molecule has 0 aromatic heterocycles. The second kappa shape index (κ2) is 24.4. The Morgan fingerprint density at radius 1 is 0.583 bits per heavy atom. The fraction of sp³-hybridized carbons (Fsp3) is 0.788. The molecule has 0 radical (unpaired) electrons. The van der Waals surface area contributed by atoms with E-state index >= 15 is 0 Å². The molecule has 0 heterocycles. The van der Waals surface area contributed by atoms with Crippen LogP contribution in [0, 0.1) is 0 Å². The normalized spacial score (nSPS) is 11.2. The minimum atomic E-state index is -0.262. The number of unbranched alkanes of at least 4 members (excludes halogenated alkanes) is 20. The number of benzene rings is 1. The molecule has 0 spiro atoms. The van der Waals surface area contributed by atoms with Crippen molar-refractivity contribution in [2.75, 3.05) is 5.32 Å². The number of thiol groups is 1. The maximum Gasteiger partial charge on any atom is 0.280 e. The summed E-state index contributed by atoms with van der Waals surface area (Å²) in [5.74, 6) is 0. The van der Waals surface area contributed by atoms with Gasteiger partial charge in [-0.05, 0) is 42.9 Å². The Morgan fingerprint density at radius 3 is 1.39 bits per heavy atom. The van der Waals surface area contributed by atoms with Gasteiger partial charge in [-0.1, -0.05) is 167 Å². The predicted molar refractivity (Wildman–Crippen MR) is 165 cm³/mol. The van der Waals surface area contributed by atoms with Gasteiger partial charge in [-0.3, -0.25) is 4.79 Å². The lowest BCUT2D eigenvalue weighted by atomic mass is 9.94. The van der Waals surface area contributed by atoms with E-state index in [0.717, 1.165) is 18.5 Å². The minimum absolute atomic E-state index is 0.262. The van der Waals surface area contributed by atoms with Gasteiger partial charge < -0.3 is 5.32 Å². The van der Waals surface area contributed by atoms with Crippen molar-refractivity contribution < 1.29 is 4.79 Å². The van der Waals surface area contributed by atoms with Crippen LogP contribution in [0.2, 0.25) is 0 Å². The first kappa shape index (κ1) is 33.1. The Morgan fingerprint density at radius 2 is 0.972 bits per heavy atom. The van der Waals surface area contributed by atoms with Crippen molar-refractivity contribution in [3.63, 3.8) is 0 Å². The lowest BCUT2D eigenvalue weighted by molar-refractivity contribution is 0.270. The third kappa shape index (κ3) is 18.3. The predicted octanol–water partition coefficient (Wildman–Crippen LogP) is 11.9. The summed E-state index contributed by atoms with van der Waals surface area (Å²) in [6, 6.07) is 6.42. The van der Waals surface area contributed by atoms with Crippen molar-refractivity contribution in [1.29, 1.82) is 0 Å². The number of amides is 1. The molecule has 36 heavy (non-hydrogen) atoms. The number of carbonyl (C=O) groups excluding carboxylic acids is 1. The molecule has 0 aliphatic heterocycles. The van der Waals surface area contributed by atoms with Crippen LogP contribution in [0.4, 0.5) is 10.5 Å². The summed E-state index contributed by atoms with van der Waals surface area (Å²) in [5, 5.41) is 2.71. The average Bonchev–Trinajstić information content (AvgIpc) is 2.86. The van der Waals surface area contributed by atoms with E-state index < -0.39 is 0 Å². The number of carbonyl (C=O) groups is 1. The van der Waals surface area contributed by atoms with E-state index in [1.807, 2.05) is 6.07 Å². The number of hydrogen-bond acceptors (Lipinski definition) is 1. The van der Waals surface area contributed by atoms with E-state index in [9.17, 15) is 4.79 Å². The Labute approximate surface area is 230 Å². The fourth-order valence-electron chi connectivity index (χ4n) is 5.34. The lowest BCUT2D eigenvalue weighted by Gasteiger charge is -2.15. The van der Waals surface area contributed by atoms with Crippen LogP contribution in [-0.4, -0.2) is 5.24 Å². The first-order valence-electron chi connectivity index (χ1n) is 15.8. The number of anilines is 1. The van der Waals surface area contributed by atoms with Crippen LogP contribution in [0.25, 0.3) is 0 Å². The number of aryl methyl sites for hydroxylation is 1. The van der Waals surface area contributed by atoms with Gasteiger partial charge in [0.15, 0.2) is 0 Å². The summed E-state index contributed by atoms with van der Waals surface area (Å²) >= 11 is 3.97. The summed E-state index contributed by atoms with van der Waals surface area (Å²) in [7, 11) is 0. The van der Waals surface area contributed by atoms with E-state index in [4.69, 9.17) is 0 Å². The molecule has 0 fully saturated rings. The Balaban J connectivity index is 2.29. The smallest absolute Gasteiger partial charge is 0.280 e. The highest BCUT2D eigenvalue weighted by atomic mass is 32.1. The first-order valence-corrected chi connectivity index (χ1v) is 16.2. The zero-order chi connectivity index (χ0) is 26.1. The van der Waals surface area contributed by atoms with Gasteiger partial charge in [0.05, 0.1) is 0 Å². The molecule has 1 amide bonds. The molecular formula is C33H59NOS. The Kier molecular flexibility index (Phi) is 22.4. The zero-order valence-corrected chi connectivity index (χ0v) is 25.0. The van der Waals surface area contributed by atoms with E-state index in [0.29, 0.717) is 0 Å². The van der Waals surface area contributed by atoms with Crippen LogP contribution >= 0.6 is 12.6 Å². The van der Waals surface area contributed by atoms with Gasteiger partial charge in [0.25, 0.3) is 5.24 Å². The van der Waals surface area contributed by atoms with E-state index in [2.05, 4.69) is 43.9 Å². The average molecular weight is 518 g/mol. The molecule has 1 aromatic carbocycles. The monoisotopic (exact) mass is 517 g/mol. The standard InChI is InChI=1S/C33H59NOS/c1-3-5-7-9-11-13-15-17-19-21-23-26-30-27-25-29-32(34-33(35)36)31(30)28-24-22-20-18-16-14-12-10-8-6-4-2/h25,27,29H,3-24,26,28H2,1-2H3,(H2,34,35,36). The summed E-state index contributed by atoms with van der Waals surface area (Å²) in [4.78, 5) is 11.6.